The predicted octanol–water partition coefficient (Wildman–Crippen LogP) is 2.26. The third kappa shape index (κ3) is 3.67. The van der Waals surface area contributed by atoms with E-state index in [9.17, 15) is 19.5 Å². The molecule has 1 aliphatic heterocycles. The van der Waals surface area contributed by atoms with Crippen LogP contribution >= 0.6 is 0 Å². The molecule has 138 valence electrons. The zero-order valence-electron chi connectivity index (χ0n) is 15.5. The lowest BCUT2D eigenvalue weighted by atomic mass is 9.86. The lowest BCUT2D eigenvalue weighted by Crippen LogP contribution is -2.47. The number of fused-ring (bicyclic) bond motifs is 1. The van der Waals surface area contributed by atoms with Crippen molar-refractivity contribution in [2.24, 2.45) is 0 Å². The number of hydrogen-bond donors (Lipinski definition) is 0. The molecule has 0 radical (unpaired) electrons. The van der Waals surface area contributed by atoms with Crippen molar-refractivity contribution < 1.29 is 19.5 Å². The van der Waals surface area contributed by atoms with E-state index in [-0.39, 0.29) is 11.0 Å². The Morgan fingerprint density at radius 3 is 2.11 bits per heavy atom. The Kier molecular flexibility index (Phi) is 4.70. The van der Waals surface area contributed by atoms with Gasteiger partial charge in [0.15, 0.2) is 0 Å². The fourth-order valence-corrected chi connectivity index (χ4v) is 3.06. The van der Waals surface area contributed by atoms with Gasteiger partial charge in [0, 0.05) is 11.1 Å². The van der Waals surface area contributed by atoms with E-state index in [1.807, 2.05) is 24.3 Å². The van der Waals surface area contributed by atoms with E-state index in [1.165, 1.54) is 0 Å². The number of amides is 2. The fraction of sp³-hybridized carbons (Fsp3) is 0.227. The van der Waals surface area contributed by atoms with Gasteiger partial charge in [0.1, 0.15) is 0 Å². The molecule has 0 fully saturated rings. The molecule has 0 N–H and O–H groups in total. The number of carbonyl (C=O) groups excluding carboxylic acids is 3. The van der Waals surface area contributed by atoms with Crippen LogP contribution in [-0.2, 0) is 15.0 Å². The van der Waals surface area contributed by atoms with Gasteiger partial charge in [-0.15, -0.1) is 0 Å². The number of imide groups is 1. The van der Waals surface area contributed by atoms with Crippen molar-refractivity contribution >= 4 is 29.4 Å². The molecule has 2 aromatic carbocycles. The van der Waals surface area contributed by atoms with Crippen LogP contribution in [0.1, 0.15) is 47.8 Å². The molecule has 2 aromatic rings. The summed E-state index contributed by atoms with van der Waals surface area (Å²) in [4.78, 5) is 37.0. The highest BCUT2D eigenvalue weighted by Crippen LogP contribution is 2.31. The Balaban J connectivity index is 2.08. The van der Waals surface area contributed by atoms with Crippen LogP contribution in [0.5, 0.6) is 0 Å². The minimum atomic E-state index is -1.48. The smallest absolute Gasteiger partial charge is 0.261 e. The van der Waals surface area contributed by atoms with Crippen molar-refractivity contribution in [1.82, 2.24) is 4.90 Å². The van der Waals surface area contributed by atoms with Crippen molar-refractivity contribution in [3.8, 4) is 0 Å². The van der Waals surface area contributed by atoms with Crippen molar-refractivity contribution in [2.75, 3.05) is 6.54 Å². The number of nitrogens with zero attached hydrogens (tertiary/aromatic N) is 1. The first-order chi connectivity index (χ1) is 12.7. The summed E-state index contributed by atoms with van der Waals surface area (Å²) >= 11 is 0. The molecule has 3 rings (SSSR count). The standard InChI is InChI=1S/C22H21NO4/c1-22(2,3)15-10-8-14(9-11-15)12-18-16-6-4-5-7-17(16)20(26)23(21(18)27)13-19(24)25/h4-12H,13H2,1-3H3,(H,24,25)/p-1/b18-12-. The SMILES string of the molecule is CC(C)(C)c1ccc(/C=C2\C(=O)N(CC(=O)[O-])C(=O)c3ccccc32)cc1. The second-order valence-electron chi connectivity index (χ2n) is 7.54. The Morgan fingerprint density at radius 2 is 1.56 bits per heavy atom. The van der Waals surface area contributed by atoms with Crippen LogP contribution in [0, 0.1) is 0 Å². The molecule has 27 heavy (non-hydrogen) atoms. The first-order valence-electron chi connectivity index (χ1n) is 8.66. The molecular formula is C22H20NO4-. The molecule has 1 aliphatic rings. The van der Waals surface area contributed by atoms with Gasteiger partial charge in [-0.2, -0.15) is 0 Å². The maximum absolute atomic E-state index is 12.8. The van der Waals surface area contributed by atoms with E-state index in [0.717, 1.165) is 11.1 Å². The summed E-state index contributed by atoms with van der Waals surface area (Å²) in [7, 11) is 0. The molecule has 5 heteroatoms. The predicted molar refractivity (Wildman–Crippen MR) is 101 cm³/mol. The van der Waals surface area contributed by atoms with E-state index >= 15 is 0 Å². The first-order valence-corrected chi connectivity index (χ1v) is 8.66. The van der Waals surface area contributed by atoms with Gasteiger partial charge in [0.25, 0.3) is 11.8 Å². The van der Waals surface area contributed by atoms with Gasteiger partial charge < -0.3 is 9.90 Å². The minimum Gasteiger partial charge on any atom is -0.548 e. The maximum atomic E-state index is 12.8. The van der Waals surface area contributed by atoms with Gasteiger partial charge in [-0.05, 0) is 34.2 Å². The largest absolute Gasteiger partial charge is 0.548 e. The fourth-order valence-electron chi connectivity index (χ4n) is 3.06. The second kappa shape index (κ2) is 6.83. The quantitative estimate of drug-likeness (QED) is 0.620. The maximum Gasteiger partial charge on any atom is 0.261 e. The van der Waals surface area contributed by atoms with Crippen LogP contribution in [0.3, 0.4) is 0 Å². The van der Waals surface area contributed by atoms with Crippen molar-refractivity contribution in [3.63, 3.8) is 0 Å². The van der Waals surface area contributed by atoms with Gasteiger partial charge >= 0.3 is 0 Å². The summed E-state index contributed by atoms with van der Waals surface area (Å²) in [6.45, 7) is 5.58. The summed E-state index contributed by atoms with van der Waals surface area (Å²) in [5, 5.41) is 11.0. The monoisotopic (exact) mass is 362 g/mol. The Morgan fingerprint density at radius 1 is 0.963 bits per heavy atom. The number of carboxylic acid groups (broad SMARTS) is 1. The topological polar surface area (TPSA) is 77.5 Å². The van der Waals surface area contributed by atoms with Gasteiger partial charge in [-0.25, -0.2) is 0 Å². The van der Waals surface area contributed by atoms with E-state index in [2.05, 4.69) is 20.8 Å². The zero-order chi connectivity index (χ0) is 19.8. The van der Waals surface area contributed by atoms with Crippen molar-refractivity contribution in [2.45, 2.75) is 26.2 Å². The summed E-state index contributed by atoms with van der Waals surface area (Å²) in [6, 6.07) is 14.5. The zero-order valence-corrected chi connectivity index (χ0v) is 15.5. The average Bonchev–Trinajstić information content (AvgIpc) is 2.62. The summed E-state index contributed by atoms with van der Waals surface area (Å²) in [5.74, 6) is -2.74. The molecule has 1 heterocycles. The molecule has 0 aromatic heterocycles. The second-order valence-corrected chi connectivity index (χ2v) is 7.54. The van der Waals surface area contributed by atoms with E-state index in [1.54, 1.807) is 30.3 Å². The minimum absolute atomic E-state index is 0.0106. The Bertz CT molecular complexity index is 949. The Hall–Kier alpha value is -3.21. The molecule has 0 atom stereocenters. The number of benzene rings is 2. The number of carbonyl (C=O) groups is 3. The first kappa shape index (κ1) is 18.6. The molecule has 5 nitrogen and oxygen atoms in total. The van der Waals surface area contributed by atoms with Crippen LogP contribution in [0.4, 0.5) is 0 Å². The molecule has 0 spiro atoms. The van der Waals surface area contributed by atoms with E-state index < -0.39 is 24.3 Å². The van der Waals surface area contributed by atoms with Crippen LogP contribution in [-0.4, -0.2) is 29.2 Å². The summed E-state index contributed by atoms with van der Waals surface area (Å²) < 4.78 is 0. The van der Waals surface area contributed by atoms with Gasteiger partial charge in [-0.1, -0.05) is 63.2 Å². The highest BCUT2D eigenvalue weighted by atomic mass is 16.4. The van der Waals surface area contributed by atoms with E-state index in [4.69, 9.17) is 0 Å². The van der Waals surface area contributed by atoms with Crippen molar-refractivity contribution in [1.29, 1.82) is 0 Å². The molecule has 0 saturated heterocycles. The van der Waals surface area contributed by atoms with Crippen LogP contribution in [0.15, 0.2) is 48.5 Å². The normalized spacial score (nSPS) is 15.8. The third-order valence-corrected chi connectivity index (χ3v) is 4.54. The van der Waals surface area contributed by atoms with Gasteiger partial charge in [0.05, 0.1) is 12.5 Å². The molecule has 0 aliphatic carbocycles. The highest BCUT2D eigenvalue weighted by molar-refractivity contribution is 6.34. The number of rotatable bonds is 3. The van der Waals surface area contributed by atoms with Crippen LogP contribution < -0.4 is 5.11 Å². The summed E-state index contributed by atoms with van der Waals surface area (Å²) in [5.41, 5.74) is 3.06. The van der Waals surface area contributed by atoms with Gasteiger partial charge in [0.2, 0.25) is 0 Å². The summed E-state index contributed by atoms with van der Waals surface area (Å²) in [6.07, 6.45) is 1.68. The van der Waals surface area contributed by atoms with Gasteiger partial charge in [-0.3, -0.25) is 14.5 Å². The molecule has 0 unspecified atom stereocenters. The lowest BCUT2D eigenvalue weighted by molar-refractivity contribution is -0.305. The highest BCUT2D eigenvalue weighted by Gasteiger charge is 2.34. The van der Waals surface area contributed by atoms with Crippen LogP contribution in [0.25, 0.3) is 11.6 Å². The number of aliphatic carboxylic acids is 1. The molecule has 0 saturated carbocycles. The average molecular weight is 362 g/mol. The molecule has 2 amide bonds. The van der Waals surface area contributed by atoms with Crippen LogP contribution in [0.2, 0.25) is 0 Å². The molecule has 0 bridgehead atoms. The van der Waals surface area contributed by atoms with E-state index in [0.29, 0.717) is 16.0 Å². The van der Waals surface area contributed by atoms with Crippen molar-refractivity contribution in [3.05, 3.63) is 70.8 Å². The molecular weight excluding hydrogens is 342 g/mol. The third-order valence-electron chi connectivity index (χ3n) is 4.54. The number of hydrogen-bond acceptors (Lipinski definition) is 4. The lowest BCUT2D eigenvalue weighted by Gasteiger charge is -2.29. The Labute approximate surface area is 157 Å². The number of carboxylic acids is 1.